The number of aryl methyl sites for hydroxylation is 2. The predicted octanol–water partition coefficient (Wildman–Crippen LogP) is 4.99. The summed E-state index contributed by atoms with van der Waals surface area (Å²) in [4.78, 5) is 23.8. The van der Waals surface area contributed by atoms with E-state index in [2.05, 4.69) is 24.5 Å². The van der Waals surface area contributed by atoms with Gasteiger partial charge in [0.05, 0.1) is 12.1 Å². The van der Waals surface area contributed by atoms with Gasteiger partial charge in [0.15, 0.2) is 11.6 Å². The lowest BCUT2D eigenvalue weighted by Crippen LogP contribution is -2.35. The second kappa shape index (κ2) is 15.5. The van der Waals surface area contributed by atoms with Crippen molar-refractivity contribution in [1.82, 2.24) is 10.6 Å². The highest BCUT2D eigenvalue weighted by Gasteiger charge is 2.14. The van der Waals surface area contributed by atoms with Gasteiger partial charge in [-0.05, 0) is 75.9 Å². The molecule has 2 atom stereocenters. The zero-order valence-corrected chi connectivity index (χ0v) is 20.8. The van der Waals surface area contributed by atoms with E-state index in [-0.39, 0.29) is 23.7 Å². The minimum absolute atomic E-state index is 0.0421. The number of rotatable bonds is 12. The average Bonchev–Trinajstić information content (AvgIpc) is 2.79. The van der Waals surface area contributed by atoms with E-state index in [4.69, 9.17) is 0 Å². The van der Waals surface area contributed by atoms with Crippen molar-refractivity contribution in [3.05, 3.63) is 70.8 Å². The molecule has 4 heteroatoms. The van der Waals surface area contributed by atoms with Crippen LogP contribution < -0.4 is 10.6 Å². The van der Waals surface area contributed by atoms with E-state index < -0.39 is 0 Å². The molecule has 0 radical (unpaired) electrons. The van der Waals surface area contributed by atoms with Crippen LogP contribution in [0.15, 0.2) is 48.5 Å². The highest BCUT2D eigenvalue weighted by atomic mass is 16.1. The van der Waals surface area contributed by atoms with Crippen LogP contribution in [0, 0.1) is 13.8 Å². The van der Waals surface area contributed by atoms with Gasteiger partial charge in [0.25, 0.3) is 0 Å². The molecule has 0 aromatic heterocycles. The molecule has 0 spiro atoms. The summed E-state index contributed by atoms with van der Waals surface area (Å²) in [6.07, 6.45) is 3.18. The molecule has 0 aliphatic rings. The molecule has 0 aliphatic heterocycles. The molecule has 0 bridgehead atoms. The third-order valence-electron chi connectivity index (χ3n) is 5.62. The van der Waals surface area contributed by atoms with E-state index in [1.807, 2.05) is 76.2 Å². The molecule has 176 valence electrons. The first-order valence-corrected chi connectivity index (χ1v) is 11.9. The molecule has 4 nitrogen and oxygen atoms in total. The third kappa shape index (κ3) is 10.3. The molecule has 2 rings (SSSR count). The minimum atomic E-state index is -0.0421. The Balaban J connectivity index is 0.000000320. The van der Waals surface area contributed by atoms with Gasteiger partial charge in [-0.3, -0.25) is 9.59 Å². The Morgan fingerprint density at radius 2 is 1.03 bits per heavy atom. The Morgan fingerprint density at radius 3 is 1.34 bits per heavy atom. The smallest absolute Gasteiger partial charge is 0.153 e. The normalized spacial score (nSPS) is 12.4. The van der Waals surface area contributed by atoms with Crippen LogP contribution in [0.2, 0.25) is 0 Å². The standard InChI is InChI=1S/2C14H21NO/c2*1-4-9-15-12(3)14(16)10-13-8-6-5-7-11(13)2/h2*5-8,12,15H,4,9-10H2,1-3H3/t2*12-/m10/s1. The van der Waals surface area contributed by atoms with Gasteiger partial charge in [0, 0.05) is 12.8 Å². The van der Waals surface area contributed by atoms with Crippen molar-refractivity contribution >= 4 is 11.6 Å². The van der Waals surface area contributed by atoms with Gasteiger partial charge in [-0.15, -0.1) is 0 Å². The number of carbonyl (C=O) groups is 2. The summed E-state index contributed by atoms with van der Waals surface area (Å²) in [5, 5.41) is 6.44. The molecule has 0 aliphatic carbocycles. The fourth-order valence-corrected chi connectivity index (χ4v) is 3.25. The number of Topliss-reactive ketones (excluding diaryl/α,β-unsaturated/α-hetero) is 2. The topological polar surface area (TPSA) is 58.2 Å². The van der Waals surface area contributed by atoms with Gasteiger partial charge >= 0.3 is 0 Å². The van der Waals surface area contributed by atoms with Crippen molar-refractivity contribution in [2.45, 2.75) is 79.3 Å². The SMILES string of the molecule is CCCN[C@@H](C)C(=O)Cc1ccccc1C.CCCN[C@H](C)C(=O)Cc1ccccc1C. The molecule has 0 saturated heterocycles. The summed E-state index contributed by atoms with van der Waals surface area (Å²) in [6, 6.07) is 16.0. The molecule has 32 heavy (non-hydrogen) atoms. The van der Waals surface area contributed by atoms with Crippen LogP contribution in [0.25, 0.3) is 0 Å². The third-order valence-corrected chi connectivity index (χ3v) is 5.62. The van der Waals surface area contributed by atoms with Crippen LogP contribution in [0.4, 0.5) is 0 Å². The maximum absolute atomic E-state index is 11.9. The summed E-state index contributed by atoms with van der Waals surface area (Å²) in [7, 11) is 0. The van der Waals surface area contributed by atoms with Crippen molar-refractivity contribution in [2.75, 3.05) is 13.1 Å². The van der Waals surface area contributed by atoms with Gasteiger partial charge in [-0.25, -0.2) is 0 Å². The molecule has 0 amide bonds. The lowest BCUT2D eigenvalue weighted by molar-refractivity contribution is -0.120. The predicted molar refractivity (Wildman–Crippen MR) is 135 cm³/mol. The maximum atomic E-state index is 11.9. The number of carbonyl (C=O) groups excluding carboxylic acids is 2. The highest BCUT2D eigenvalue weighted by molar-refractivity contribution is 5.86. The zero-order valence-electron chi connectivity index (χ0n) is 20.8. The summed E-state index contributed by atoms with van der Waals surface area (Å²) in [5.74, 6) is 0.533. The van der Waals surface area contributed by atoms with Crippen molar-refractivity contribution in [3.8, 4) is 0 Å². The number of nitrogens with one attached hydrogen (secondary N) is 2. The fourth-order valence-electron chi connectivity index (χ4n) is 3.25. The molecule has 0 fully saturated rings. The van der Waals surface area contributed by atoms with Crippen molar-refractivity contribution < 1.29 is 9.59 Å². The Hall–Kier alpha value is -2.30. The molecular weight excluding hydrogens is 396 g/mol. The summed E-state index contributed by atoms with van der Waals surface area (Å²) in [5.41, 5.74) is 4.66. The first-order chi connectivity index (χ1) is 15.3. The maximum Gasteiger partial charge on any atom is 0.153 e. The van der Waals surface area contributed by atoms with Crippen LogP contribution in [0.1, 0.15) is 62.8 Å². The van der Waals surface area contributed by atoms with Crippen molar-refractivity contribution in [3.63, 3.8) is 0 Å². The Labute approximate surface area is 195 Å². The highest BCUT2D eigenvalue weighted by Crippen LogP contribution is 2.10. The molecule has 0 unspecified atom stereocenters. The van der Waals surface area contributed by atoms with Crippen LogP contribution in [0.3, 0.4) is 0 Å². The van der Waals surface area contributed by atoms with E-state index in [1.54, 1.807) is 0 Å². The molecule has 0 saturated carbocycles. The number of benzene rings is 2. The van der Waals surface area contributed by atoms with Crippen molar-refractivity contribution in [1.29, 1.82) is 0 Å². The molecule has 0 heterocycles. The van der Waals surface area contributed by atoms with Crippen LogP contribution in [-0.4, -0.2) is 36.7 Å². The monoisotopic (exact) mass is 438 g/mol. The molecule has 2 N–H and O–H groups in total. The lowest BCUT2D eigenvalue weighted by atomic mass is 10.0. The zero-order chi connectivity index (χ0) is 23.9. The van der Waals surface area contributed by atoms with E-state index >= 15 is 0 Å². The molecule has 2 aromatic rings. The summed E-state index contributed by atoms with van der Waals surface area (Å²) < 4.78 is 0. The number of hydrogen-bond acceptors (Lipinski definition) is 4. The van der Waals surface area contributed by atoms with Crippen molar-refractivity contribution in [2.24, 2.45) is 0 Å². The average molecular weight is 439 g/mol. The second-order valence-corrected chi connectivity index (χ2v) is 8.49. The van der Waals surface area contributed by atoms with Gasteiger partial charge in [-0.1, -0.05) is 62.4 Å². The largest absolute Gasteiger partial charge is 0.308 e. The first kappa shape index (κ1) is 27.7. The number of hydrogen-bond donors (Lipinski definition) is 2. The Kier molecular flexibility index (Phi) is 13.4. The lowest BCUT2D eigenvalue weighted by Gasteiger charge is -2.12. The fraction of sp³-hybridized carbons (Fsp3) is 0.500. The Bertz CT molecular complexity index is 762. The van der Waals surface area contributed by atoms with Crippen LogP contribution in [-0.2, 0) is 22.4 Å². The molecular formula is C28H42N2O2. The van der Waals surface area contributed by atoms with Gasteiger partial charge in [0.1, 0.15) is 0 Å². The van der Waals surface area contributed by atoms with E-state index in [0.717, 1.165) is 37.1 Å². The quantitative estimate of drug-likeness (QED) is 0.490. The van der Waals surface area contributed by atoms with Gasteiger partial charge in [-0.2, -0.15) is 0 Å². The molecule has 2 aromatic carbocycles. The van der Waals surface area contributed by atoms with E-state index in [1.165, 1.54) is 11.1 Å². The summed E-state index contributed by atoms with van der Waals surface area (Å²) in [6.45, 7) is 14.0. The van der Waals surface area contributed by atoms with Gasteiger partial charge < -0.3 is 10.6 Å². The van der Waals surface area contributed by atoms with Gasteiger partial charge in [0.2, 0.25) is 0 Å². The van der Waals surface area contributed by atoms with E-state index in [0.29, 0.717) is 12.8 Å². The van der Waals surface area contributed by atoms with E-state index in [9.17, 15) is 9.59 Å². The summed E-state index contributed by atoms with van der Waals surface area (Å²) >= 11 is 0. The number of ketones is 2. The Morgan fingerprint density at radius 1 is 0.688 bits per heavy atom. The first-order valence-electron chi connectivity index (χ1n) is 11.9. The minimum Gasteiger partial charge on any atom is -0.308 e. The second-order valence-electron chi connectivity index (χ2n) is 8.49. The van der Waals surface area contributed by atoms with Crippen LogP contribution in [0.5, 0.6) is 0 Å². The van der Waals surface area contributed by atoms with Crippen LogP contribution >= 0.6 is 0 Å².